The highest BCUT2D eigenvalue weighted by atomic mass is 19.4. The number of para-hydroxylation sites is 1. The van der Waals surface area contributed by atoms with Crippen molar-refractivity contribution in [2.45, 2.75) is 12.8 Å². The van der Waals surface area contributed by atoms with Crippen LogP contribution in [0.15, 0.2) is 65.1 Å². The van der Waals surface area contributed by atoms with E-state index in [0.29, 0.717) is 23.6 Å². The van der Waals surface area contributed by atoms with E-state index in [-0.39, 0.29) is 12.4 Å². The standard InChI is InChI=1S/C21H15F3N2O7/c22-21(23,24)13-6-8-16(17(10-13)26(29)30)25-19(27)12-32-20(28)18-9-7-15(33-18)11-31-14-4-2-1-3-5-14/h1-10H,11-12H2,(H,25,27). The molecule has 0 radical (unpaired) electrons. The zero-order valence-corrected chi connectivity index (χ0v) is 16.6. The van der Waals surface area contributed by atoms with E-state index in [1.54, 1.807) is 24.3 Å². The van der Waals surface area contributed by atoms with Crippen LogP contribution in [-0.4, -0.2) is 23.4 Å². The van der Waals surface area contributed by atoms with Crippen molar-refractivity contribution >= 4 is 23.3 Å². The lowest BCUT2D eigenvalue weighted by atomic mass is 10.1. The molecule has 0 saturated heterocycles. The van der Waals surface area contributed by atoms with Gasteiger partial charge in [0.05, 0.1) is 10.5 Å². The van der Waals surface area contributed by atoms with Crippen molar-refractivity contribution < 1.29 is 41.6 Å². The summed E-state index contributed by atoms with van der Waals surface area (Å²) in [5.74, 6) is -1.29. The number of halogens is 3. The molecular weight excluding hydrogens is 449 g/mol. The van der Waals surface area contributed by atoms with Crippen molar-refractivity contribution in [1.82, 2.24) is 0 Å². The summed E-state index contributed by atoms with van der Waals surface area (Å²) in [7, 11) is 0. The van der Waals surface area contributed by atoms with Crippen LogP contribution in [0.2, 0.25) is 0 Å². The number of anilines is 1. The van der Waals surface area contributed by atoms with Gasteiger partial charge in [0.2, 0.25) is 5.76 Å². The van der Waals surface area contributed by atoms with E-state index in [2.05, 4.69) is 0 Å². The third kappa shape index (κ3) is 6.32. The number of benzene rings is 2. The lowest BCUT2D eigenvalue weighted by molar-refractivity contribution is -0.384. The number of ether oxygens (including phenoxy) is 2. The molecule has 0 saturated carbocycles. The van der Waals surface area contributed by atoms with Gasteiger partial charge in [0.25, 0.3) is 11.6 Å². The van der Waals surface area contributed by atoms with E-state index in [0.717, 1.165) is 6.07 Å². The van der Waals surface area contributed by atoms with E-state index in [9.17, 15) is 32.9 Å². The SMILES string of the molecule is O=C(COC(=O)c1ccc(COc2ccccc2)o1)Nc1ccc(C(F)(F)F)cc1[N+](=O)[O-]. The number of esters is 1. The molecule has 0 spiro atoms. The number of rotatable bonds is 8. The molecule has 0 unspecified atom stereocenters. The van der Waals surface area contributed by atoms with Gasteiger partial charge in [-0.05, 0) is 36.4 Å². The van der Waals surface area contributed by atoms with E-state index in [1.807, 2.05) is 11.4 Å². The smallest absolute Gasteiger partial charge is 0.416 e. The molecule has 1 aromatic heterocycles. The van der Waals surface area contributed by atoms with Crippen LogP contribution in [0, 0.1) is 10.1 Å². The van der Waals surface area contributed by atoms with Gasteiger partial charge < -0.3 is 19.2 Å². The van der Waals surface area contributed by atoms with Gasteiger partial charge >= 0.3 is 12.1 Å². The summed E-state index contributed by atoms with van der Waals surface area (Å²) >= 11 is 0. The van der Waals surface area contributed by atoms with Crippen molar-refractivity contribution in [3.8, 4) is 5.75 Å². The minimum Gasteiger partial charge on any atom is -0.486 e. The lowest BCUT2D eigenvalue weighted by Crippen LogP contribution is -2.21. The molecule has 0 fully saturated rings. The number of nitrogens with one attached hydrogen (secondary N) is 1. The first-order valence-corrected chi connectivity index (χ1v) is 9.22. The highest BCUT2D eigenvalue weighted by Gasteiger charge is 2.33. The predicted molar refractivity (Wildman–Crippen MR) is 106 cm³/mol. The summed E-state index contributed by atoms with van der Waals surface area (Å²) < 4.78 is 53.8. The topological polar surface area (TPSA) is 121 Å². The quantitative estimate of drug-likeness (QED) is 0.294. The van der Waals surface area contributed by atoms with Crippen molar-refractivity contribution in [2.24, 2.45) is 0 Å². The second-order valence-corrected chi connectivity index (χ2v) is 6.48. The Morgan fingerprint density at radius 1 is 1.06 bits per heavy atom. The monoisotopic (exact) mass is 464 g/mol. The molecule has 12 heteroatoms. The third-order valence-corrected chi connectivity index (χ3v) is 4.12. The Labute approximate surface area is 183 Å². The molecule has 0 aliphatic carbocycles. The summed E-state index contributed by atoms with van der Waals surface area (Å²) in [6, 6.07) is 13.3. The number of nitrogens with zero attached hydrogens (tertiary/aromatic N) is 1. The number of amides is 1. The first-order valence-electron chi connectivity index (χ1n) is 9.22. The lowest BCUT2D eigenvalue weighted by Gasteiger charge is -2.10. The first kappa shape index (κ1) is 23.3. The van der Waals surface area contributed by atoms with Gasteiger partial charge in [-0.2, -0.15) is 13.2 Å². The Morgan fingerprint density at radius 3 is 2.45 bits per heavy atom. The molecule has 33 heavy (non-hydrogen) atoms. The van der Waals surface area contributed by atoms with Gasteiger partial charge in [-0.15, -0.1) is 0 Å². The minimum absolute atomic E-state index is 0.0371. The molecule has 3 rings (SSSR count). The second-order valence-electron chi connectivity index (χ2n) is 6.48. The van der Waals surface area contributed by atoms with Crippen LogP contribution < -0.4 is 10.1 Å². The number of carbonyl (C=O) groups excluding carboxylic acids is 2. The Morgan fingerprint density at radius 2 is 1.79 bits per heavy atom. The average molecular weight is 464 g/mol. The Balaban J connectivity index is 1.55. The summed E-state index contributed by atoms with van der Waals surface area (Å²) in [5.41, 5.74) is -2.69. The summed E-state index contributed by atoms with van der Waals surface area (Å²) in [6.45, 7) is -0.817. The maximum Gasteiger partial charge on any atom is 0.416 e. The average Bonchev–Trinajstić information content (AvgIpc) is 3.25. The number of hydrogen-bond acceptors (Lipinski definition) is 7. The van der Waals surface area contributed by atoms with Crippen molar-refractivity contribution in [1.29, 1.82) is 0 Å². The first-order chi connectivity index (χ1) is 15.6. The molecule has 1 heterocycles. The van der Waals surface area contributed by atoms with Crippen molar-refractivity contribution in [3.05, 3.63) is 87.9 Å². The van der Waals surface area contributed by atoms with Crippen LogP contribution in [-0.2, 0) is 22.3 Å². The number of furan rings is 1. The highest BCUT2D eigenvalue weighted by molar-refractivity contribution is 5.96. The van der Waals surface area contributed by atoms with Crippen LogP contribution in [0.3, 0.4) is 0 Å². The van der Waals surface area contributed by atoms with E-state index < -0.39 is 46.5 Å². The molecule has 9 nitrogen and oxygen atoms in total. The van der Waals surface area contributed by atoms with Gasteiger partial charge in [0.1, 0.15) is 23.8 Å². The van der Waals surface area contributed by atoms with Crippen LogP contribution in [0.5, 0.6) is 5.75 Å². The number of nitro groups is 1. The van der Waals surface area contributed by atoms with Crippen LogP contribution >= 0.6 is 0 Å². The molecule has 0 bridgehead atoms. The fourth-order valence-electron chi connectivity index (χ4n) is 2.59. The van der Waals surface area contributed by atoms with Gasteiger partial charge in [0.15, 0.2) is 6.61 Å². The fourth-order valence-corrected chi connectivity index (χ4v) is 2.59. The summed E-state index contributed by atoms with van der Waals surface area (Å²) in [5, 5.41) is 13.1. The van der Waals surface area contributed by atoms with Gasteiger partial charge in [-0.3, -0.25) is 14.9 Å². The molecule has 2 aromatic carbocycles. The highest BCUT2D eigenvalue weighted by Crippen LogP contribution is 2.34. The molecule has 1 amide bonds. The summed E-state index contributed by atoms with van der Waals surface area (Å²) in [4.78, 5) is 34.0. The van der Waals surface area contributed by atoms with Gasteiger partial charge in [0, 0.05) is 6.07 Å². The van der Waals surface area contributed by atoms with Gasteiger partial charge in [-0.1, -0.05) is 18.2 Å². The van der Waals surface area contributed by atoms with Crippen LogP contribution in [0.1, 0.15) is 21.9 Å². The molecule has 0 aliphatic rings. The molecule has 1 N–H and O–H groups in total. The molecule has 0 aliphatic heterocycles. The van der Waals surface area contributed by atoms with Crippen molar-refractivity contribution in [3.63, 3.8) is 0 Å². The second kappa shape index (κ2) is 9.85. The zero-order valence-electron chi connectivity index (χ0n) is 16.6. The Bertz CT molecular complexity index is 1160. The number of carbonyl (C=O) groups is 2. The maximum atomic E-state index is 12.7. The van der Waals surface area contributed by atoms with Crippen LogP contribution in [0.25, 0.3) is 0 Å². The number of nitro benzene ring substituents is 1. The minimum atomic E-state index is -4.79. The van der Waals surface area contributed by atoms with E-state index >= 15 is 0 Å². The molecule has 0 atom stereocenters. The predicted octanol–water partition coefficient (Wildman–Crippen LogP) is 4.58. The third-order valence-electron chi connectivity index (χ3n) is 4.12. The maximum absolute atomic E-state index is 12.7. The fraction of sp³-hybridized carbons (Fsp3) is 0.143. The van der Waals surface area contributed by atoms with Crippen LogP contribution in [0.4, 0.5) is 24.5 Å². The summed E-state index contributed by atoms with van der Waals surface area (Å²) in [6.07, 6.45) is -4.79. The Kier molecular flexibility index (Phi) is 6.96. The van der Waals surface area contributed by atoms with E-state index in [1.165, 1.54) is 12.1 Å². The molecule has 3 aromatic rings. The Hall–Kier alpha value is -4.35. The number of hydrogen-bond donors (Lipinski definition) is 1. The normalized spacial score (nSPS) is 11.0. The zero-order chi connectivity index (χ0) is 24.0. The van der Waals surface area contributed by atoms with Crippen molar-refractivity contribution in [2.75, 3.05) is 11.9 Å². The van der Waals surface area contributed by atoms with Gasteiger partial charge in [-0.25, -0.2) is 4.79 Å². The number of alkyl halides is 3. The molecular formula is C21H15F3N2O7. The van der Waals surface area contributed by atoms with E-state index in [4.69, 9.17) is 13.9 Å². The largest absolute Gasteiger partial charge is 0.486 e. The molecule has 172 valence electrons.